The molecule has 2 rings (SSSR count). The van der Waals surface area contributed by atoms with E-state index in [1.165, 1.54) is 0 Å². The van der Waals surface area contributed by atoms with Gasteiger partial charge in [-0.2, -0.15) is 0 Å². The molecule has 0 bridgehead atoms. The maximum atomic E-state index is 5.31. The van der Waals surface area contributed by atoms with Gasteiger partial charge < -0.3 is 16.0 Å². The first kappa shape index (κ1) is 8.96. The van der Waals surface area contributed by atoms with Gasteiger partial charge in [0.2, 0.25) is 0 Å². The summed E-state index contributed by atoms with van der Waals surface area (Å²) < 4.78 is 0. The molecule has 4 N–H and O–H groups in total. The third-order valence-electron chi connectivity index (χ3n) is 1.87. The van der Waals surface area contributed by atoms with E-state index in [2.05, 4.69) is 15.3 Å². The molecule has 1 aromatic heterocycles. The van der Waals surface area contributed by atoms with Crippen molar-refractivity contribution >= 4 is 28.4 Å². The van der Waals surface area contributed by atoms with Crippen LogP contribution in [0.3, 0.4) is 0 Å². The van der Waals surface area contributed by atoms with Crippen molar-refractivity contribution in [1.29, 1.82) is 0 Å². The predicted octanol–water partition coefficient (Wildman–Crippen LogP) is 0.896. The van der Waals surface area contributed by atoms with Gasteiger partial charge in [-0.05, 0) is 24.4 Å². The summed E-state index contributed by atoms with van der Waals surface area (Å²) in [6.07, 6.45) is 0. The molecule has 0 unspecified atom stereocenters. The number of aromatic nitrogens is 2. The quantitative estimate of drug-likeness (QED) is 0.639. The summed E-state index contributed by atoms with van der Waals surface area (Å²) in [6.45, 7) is 0.532. The van der Waals surface area contributed by atoms with Gasteiger partial charge in [-0.25, -0.2) is 4.98 Å². The molecule has 0 aliphatic rings. The summed E-state index contributed by atoms with van der Waals surface area (Å²) in [5.41, 5.74) is 7.28. The van der Waals surface area contributed by atoms with Gasteiger partial charge in [-0.15, -0.1) is 0 Å². The third kappa shape index (κ3) is 1.82. The van der Waals surface area contributed by atoms with Crippen LogP contribution >= 0.6 is 12.2 Å². The van der Waals surface area contributed by atoms with Crippen LogP contribution < -0.4 is 11.1 Å². The Labute approximate surface area is 86.5 Å². The molecular weight excluding hydrogens is 196 g/mol. The summed E-state index contributed by atoms with van der Waals surface area (Å²) in [4.78, 5) is 7.51. The number of para-hydroxylation sites is 2. The number of nitrogens with one attached hydrogen (secondary N) is 2. The minimum Gasteiger partial charge on any atom is -0.376 e. The lowest BCUT2D eigenvalue weighted by atomic mass is 10.3. The Morgan fingerprint density at radius 1 is 1.50 bits per heavy atom. The number of fused-ring (bicyclic) bond motifs is 1. The molecule has 5 heteroatoms. The summed E-state index contributed by atoms with van der Waals surface area (Å²) >= 11 is 4.70. The van der Waals surface area contributed by atoms with Crippen LogP contribution in [0.1, 0.15) is 5.82 Å². The number of hydrogen-bond acceptors (Lipinski definition) is 2. The molecule has 0 spiro atoms. The van der Waals surface area contributed by atoms with Crippen molar-refractivity contribution in [2.75, 3.05) is 0 Å². The maximum Gasteiger partial charge on any atom is 0.164 e. The molecule has 0 atom stereocenters. The molecule has 72 valence electrons. The van der Waals surface area contributed by atoms with Gasteiger partial charge in [0.05, 0.1) is 17.6 Å². The van der Waals surface area contributed by atoms with Gasteiger partial charge >= 0.3 is 0 Å². The number of nitrogens with two attached hydrogens (primary N) is 1. The second-order valence-corrected chi connectivity index (χ2v) is 3.36. The highest BCUT2D eigenvalue weighted by atomic mass is 32.1. The Balaban J connectivity index is 2.22. The molecule has 0 radical (unpaired) electrons. The SMILES string of the molecule is NC(=S)NCc1nc2ccccc2[nH]1. The van der Waals surface area contributed by atoms with Gasteiger partial charge in [0.1, 0.15) is 5.82 Å². The van der Waals surface area contributed by atoms with Crippen molar-refractivity contribution < 1.29 is 0 Å². The highest BCUT2D eigenvalue weighted by Crippen LogP contribution is 2.09. The fraction of sp³-hybridized carbons (Fsp3) is 0.111. The van der Waals surface area contributed by atoms with Crippen molar-refractivity contribution in [2.45, 2.75) is 6.54 Å². The van der Waals surface area contributed by atoms with Crippen LogP contribution in [0.5, 0.6) is 0 Å². The lowest BCUT2D eigenvalue weighted by Gasteiger charge is -1.98. The molecule has 0 saturated carbocycles. The average Bonchev–Trinajstić information content (AvgIpc) is 2.57. The summed E-state index contributed by atoms with van der Waals surface area (Å²) in [5.74, 6) is 0.832. The number of nitrogens with zero attached hydrogens (tertiary/aromatic N) is 1. The number of thiocarbonyl (C=S) groups is 1. The van der Waals surface area contributed by atoms with E-state index >= 15 is 0 Å². The lowest BCUT2D eigenvalue weighted by Crippen LogP contribution is -2.28. The summed E-state index contributed by atoms with van der Waals surface area (Å²) in [7, 11) is 0. The highest BCUT2D eigenvalue weighted by Gasteiger charge is 2.00. The van der Waals surface area contributed by atoms with E-state index in [0.717, 1.165) is 16.9 Å². The molecular formula is C9H10N4S. The number of rotatable bonds is 2. The van der Waals surface area contributed by atoms with Crippen LogP contribution in [0.15, 0.2) is 24.3 Å². The van der Waals surface area contributed by atoms with E-state index in [0.29, 0.717) is 6.54 Å². The second-order valence-electron chi connectivity index (χ2n) is 2.92. The van der Waals surface area contributed by atoms with E-state index in [1.54, 1.807) is 0 Å². The van der Waals surface area contributed by atoms with E-state index < -0.39 is 0 Å². The monoisotopic (exact) mass is 206 g/mol. The smallest absolute Gasteiger partial charge is 0.164 e. The number of H-pyrrole nitrogens is 1. The topological polar surface area (TPSA) is 66.7 Å². The van der Waals surface area contributed by atoms with Crippen molar-refractivity contribution in [1.82, 2.24) is 15.3 Å². The second kappa shape index (κ2) is 3.63. The first-order chi connectivity index (χ1) is 6.75. The summed E-state index contributed by atoms with van der Waals surface area (Å²) in [5, 5.41) is 3.12. The summed E-state index contributed by atoms with van der Waals surface area (Å²) in [6, 6.07) is 7.85. The number of hydrogen-bond donors (Lipinski definition) is 3. The number of benzene rings is 1. The van der Waals surface area contributed by atoms with Crippen LogP contribution in [-0.2, 0) is 6.54 Å². The number of imidazole rings is 1. The van der Waals surface area contributed by atoms with Gasteiger partial charge in [-0.3, -0.25) is 0 Å². The Morgan fingerprint density at radius 3 is 3.00 bits per heavy atom. The van der Waals surface area contributed by atoms with Crippen molar-refractivity contribution in [2.24, 2.45) is 5.73 Å². The Kier molecular flexibility index (Phi) is 2.32. The Bertz CT molecular complexity index is 430. The standard InChI is InChI=1S/C9H10N4S/c10-9(14)11-5-8-12-6-3-1-2-4-7(6)13-8/h1-4H,5H2,(H,12,13)(H3,10,11,14). The number of aromatic amines is 1. The Hall–Kier alpha value is -1.62. The molecule has 2 aromatic rings. The fourth-order valence-corrected chi connectivity index (χ4v) is 1.33. The molecule has 1 heterocycles. The highest BCUT2D eigenvalue weighted by molar-refractivity contribution is 7.80. The maximum absolute atomic E-state index is 5.31. The zero-order valence-corrected chi connectivity index (χ0v) is 8.27. The predicted molar refractivity (Wildman–Crippen MR) is 59.7 cm³/mol. The molecule has 0 fully saturated rings. The largest absolute Gasteiger partial charge is 0.376 e. The van der Waals surface area contributed by atoms with Crippen LogP contribution in [0.2, 0.25) is 0 Å². The molecule has 14 heavy (non-hydrogen) atoms. The van der Waals surface area contributed by atoms with Crippen LogP contribution in [0.4, 0.5) is 0 Å². The normalized spacial score (nSPS) is 10.3. The molecule has 0 amide bonds. The van der Waals surface area contributed by atoms with E-state index in [1.807, 2.05) is 24.3 Å². The van der Waals surface area contributed by atoms with Gasteiger partial charge in [0.25, 0.3) is 0 Å². The average molecular weight is 206 g/mol. The molecule has 0 saturated heterocycles. The molecule has 4 nitrogen and oxygen atoms in total. The zero-order valence-electron chi connectivity index (χ0n) is 7.45. The van der Waals surface area contributed by atoms with Gasteiger partial charge in [-0.1, -0.05) is 12.1 Å². The van der Waals surface area contributed by atoms with Crippen LogP contribution in [0.25, 0.3) is 11.0 Å². The van der Waals surface area contributed by atoms with E-state index in [9.17, 15) is 0 Å². The van der Waals surface area contributed by atoms with Crippen molar-refractivity contribution in [3.8, 4) is 0 Å². The van der Waals surface area contributed by atoms with Gasteiger partial charge in [0.15, 0.2) is 5.11 Å². The minimum absolute atomic E-state index is 0.283. The zero-order chi connectivity index (χ0) is 9.97. The first-order valence-corrected chi connectivity index (χ1v) is 4.63. The van der Waals surface area contributed by atoms with Gasteiger partial charge in [0, 0.05) is 0 Å². The minimum atomic E-state index is 0.283. The van der Waals surface area contributed by atoms with Crippen LogP contribution in [-0.4, -0.2) is 15.1 Å². The lowest BCUT2D eigenvalue weighted by molar-refractivity contribution is 0.855. The van der Waals surface area contributed by atoms with E-state index in [-0.39, 0.29) is 5.11 Å². The molecule has 1 aromatic carbocycles. The first-order valence-electron chi connectivity index (χ1n) is 4.22. The van der Waals surface area contributed by atoms with Crippen molar-refractivity contribution in [3.05, 3.63) is 30.1 Å². The third-order valence-corrected chi connectivity index (χ3v) is 2.01. The molecule has 0 aliphatic carbocycles. The van der Waals surface area contributed by atoms with Crippen molar-refractivity contribution in [3.63, 3.8) is 0 Å². The molecule has 0 aliphatic heterocycles. The Morgan fingerprint density at radius 2 is 2.29 bits per heavy atom. The van der Waals surface area contributed by atoms with E-state index in [4.69, 9.17) is 18.0 Å². The van der Waals surface area contributed by atoms with Crippen LogP contribution in [0, 0.1) is 0 Å². The fourth-order valence-electron chi connectivity index (χ4n) is 1.26.